The van der Waals surface area contributed by atoms with E-state index in [4.69, 9.17) is 18.9 Å². The molecule has 16 heavy (non-hydrogen) atoms. The van der Waals surface area contributed by atoms with Crippen LogP contribution in [-0.2, 0) is 15.9 Å². The summed E-state index contributed by atoms with van der Waals surface area (Å²) in [6, 6.07) is 5.76. The predicted molar refractivity (Wildman–Crippen MR) is 61.1 cm³/mol. The van der Waals surface area contributed by atoms with E-state index in [1.54, 1.807) is 28.4 Å². The molecule has 4 nitrogen and oxygen atoms in total. The van der Waals surface area contributed by atoms with E-state index < -0.39 is 0 Å². The van der Waals surface area contributed by atoms with Crippen LogP contribution in [0.4, 0.5) is 0 Å². The van der Waals surface area contributed by atoms with Crippen LogP contribution < -0.4 is 9.47 Å². The minimum absolute atomic E-state index is 0.238. The van der Waals surface area contributed by atoms with Gasteiger partial charge in [0.2, 0.25) is 0 Å². The van der Waals surface area contributed by atoms with E-state index in [-0.39, 0.29) is 6.29 Å². The Kier molecular flexibility index (Phi) is 5.08. The average molecular weight is 226 g/mol. The molecule has 0 saturated carbocycles. The van der Waals surface area contributed by atoms with E-state index in [9.17, 15) is 0 Å². The highest BCUT2D eigenvalue weighted by Gasteiger charge is 2.09. The maximum absolute atomic E-state index is 5.22. The minimum Gasteiger partial charge on any atom is -0.493 e. The van der Waals surface area contributed by atoms with Gasteiger partial charge in [-0.15, -0.1) is 0 Å². The lowest BCUT2D eigenvalue weighted by atomic mass is 10.1. The van der Waals surface area contributed by atoms with Crippen molar-refractivity contribution in [1.29, 1.82) is 0 Å². The molecule has 1 aromatic carbocycles. The van der Waals surface area contributed by atoms with E-state index in [0.717, 1.165) is 11.3 Å². The summed E-state index contributed by atoms with van der Waals surface area (Å²) < 4.78 is 20.7. The first kappa shape index (κ1) is 12.8. The normalized spacial score (nSPS) is 10.6. The zero-order valence-electron chi connectivity index (χ0n) is 10.1. The molecule has 0 aliphatic rings. The zero-order valence-corrected chi connectivity index (χ0v) is 10.1. The maximum atomic E-state index is 5.22. The minimum atomic E-state index is -0.238. The van der Waals surface area contributed by atoms with Gasteiger partial charge in [-0.05, 0) is 17.7 Å². The number of ether oxygens (including phenoxy) is 4. The Labute approximate surface area is 96.1 Å². The molecule has 0 amide bonds. The molecule has 0 unspecified atom stereocenters. The van der Waals surface area contributed by atoms with Gasteiger partial charge in [-0.1, -0.05) is 6.07 Å². The lowest BCUT2D eigenvalue weighted by Crippen LogP contribution is -2.16. The molecule has 0 atom stereocenters. The molecule has 0 saturated heterocycles. The van der Waals surface area contributed by atoms with Crippen molar-refractivity contribution >= 4 is 0 Å². The van der Waals surface area contributed by atoms with Crippen molar-refractivity contribution in [1.82, 2.24) is 0 Å². The fourth-order valence-corrected chi connectivity index (χ4v) is 1.46. The van der Waals surface area contributed by atoms with Crippen LogP contribution in [0.15, 0.2) is 18.2 Å². The second-order valence-electron chi connectivity index (χ2n) is 3.29. The Balaban J connectivity index is 2.82. The maximum Gasteiger partial charge on any atom is 0.160 e. The standard InChI is InChI=1S/C12H18O4/c1-13-10-6-5-9(7-11(10)14-2)8-12(15-3)16-4/h5-7,12H,8H2,1-4H3. The van der Waals surface area contributed by atoms with Crippen LogP contribution in [0.2, 0.25) is 0 Å². The van der Waals surface area contributed by atoms with Gasteiger partial charge in [0.25, 0.3) is 0 Å². The third-order valence-electron chi connectivity index (χ3n) is 2.38. The second kappa shape index (κ2) is 6.35. The molecule has 1 aromatic rings. The Morgan fingerprint density at radius 3 is 2.06 bits per heavy atom. The SMILES string of the molecule is COc1ccc(CC(OC)OC)cc1OC. The summed E-state index contributed by atoms with van der Waals surface area (Å²) in [5.41, 5.74) is 1.08. The van der Waals surface area contributed by atoms with Crippen molar-refractivity contribution in [3.63, 3.8) is 0 Å². The number of rotatable bonds is 6. The van der Waals surface area contributed by atoms with Gasteiger partial charge in [0.05, 0.1) is 14.2 Å². The van der Waals surface area contributed by atoms with Crippen molar-refractivity contribution in [2.75, 3.05) is 28.4 Å². The van der Waals surface area contributed by atoms with Crippen molar-refractivity contribution in [2.24, 2.45) is 0 Å². The van der Waals surface area contributed by atoms with Crippen LogP contribution in [0.25, 0.3) is 0 Å². The van der Waals surface area contributed by atoms with Crippen molar-refractivity contribution in [2.45, 2.75) is 12.7 Å². The molecule has 0 aromatic heterocycles. The number of benzene rings is 1. The van der Waals surface area contributed by atoms with Gasteiger partial charge < -0.3 is 18.9 Å². The molecule has 0 heterocycles. The summed E-state index contributed by atoms with van der Waals surface area (Å²) in [6.45, 7) is 0. The highest BCUT2D eigenvalue weighted by atomic mass is 16.7. The summed E-state index contributed by atoms with van der Waals surface area (Å²) in [4.78, 5) is 0. The highest BCUT2D eigenvalue weighted by molar-refractivity contribution is 5.42. The van der Waals surface area contributed by atoms with Crippen LogP contribution in [-0.4, -0.2) is 34.7 Å². The third kappa shape index (κ3) is 3.12. The van der Waals surface area contributed by atoms with Crippen molar-refractivity contribution in [3.8, 4) is 11.5 Å². The van der Waals surface area contributed by atoms with Crippen LogP contribution in [0.1, 0.15) is 5.56 Å². The first-order chi connectivity index (χ1) is 7.74. The van der Waals surface area contributed by atoms with Gasteiger partial charge in [0.1, 0.15) is 0 Å². The number of methoxy groups -OCH3 is 4. The third-order valence-corrected chi connectivity index (χ3v) is 2.38. The smallest absolute Gasteiger partial charge is 0.160 e. The molecule has 0 aliphatic carbocycles. The quantitative estimate of drug-likeness (QED) is 0.694. The lowest BCUT2D eigenvalue weighted by Gasteiger charge is -2.14. The number of hydrogen-bond donors (Lipinski definition) is 0. The molecule has 0 fully saturated rings. The lowest BCUT2D eigenvalue weighted by molar-refractivity contribution is -0.100. The average Bonchev–Trinajstić information content (AvgIpc) is 2.35. The topological polar surface area (TPSA) is 36.9 Å². The summed E-state index contributed by atoms with van der Waals surface area (Å²) in [5, 5.41) is 0. The Morgan fingerprint density at radius 2 is 1.56 bits per heavy atom. The summed E-state index contributed by atoms with van der Waals surface area (Å²) in [6.07, 6.45) is 0.436. The van der Waals surface area contributed by atoms with Gasteiger partial charge >= 0.3 is 0 Å². The molecule has 0 aliphatic heterocycles. The van der Waals surface area contributed by atoms with Gasteiger partial charge in [-0.2, -0.15) is 0 Å². The van der Waals surface area contributed by atoms with E-state index in [1.807, 2.05) is 18.2 Å². The molecule has 0 spiro atoms. The van der Waals surface area contributed by atoms with E-state index >= 15 is 0 Å². The van der Waals surface area contributed by atoms with Crippen molar-refractivity contribution < 1.29 is 18.9 Å². The number of hydrogen-bond acceptors (Lipinski definition) is 4. The fraction of sp³-hybridized carbons (Fsp3) is 0.500. The van der Waals surface area contributed by atoms with Crippen LogP contribution in [0.5, 0.6) is 11.5 Å². The molecule has 90 valence electrons. The molecule has 0 bridgehead atoms. The summed E-state index contributed by atoms with van der Waals surface area (Å²) >= 11 is 0. The second-order valence-corrected chi connectivity index (χ2v) is 3.29. The van der Waals surface area contributed by atoms with E-state index in [2.05, 4.69) is 0 Å². The molecular weight excluding hydrogens is 208 g/mol. The molecule has 0 radical (unpaired) electrons. The zero-order chi connectivity index (χ0) is 12.0. The van der Waals surface area contributed by atoms with E-state index in [1.165, 1.54) is 0 Å². The predicted octanol–water partition coefficient (Wildman–Crippen LogP) is 1.87. The van der Waals surface area contributed by atoms with Gasteiger partial charge in [0.15, 0.2) is 17.8 Å². The van der Waals surface area contributed by atoms with E-state index in [0.29, 0.717) is 12.2 Å². The fourth-order valence-electron chi connectivity index (χ4n) is 1.46. The van der Waals surface area contributed by atoms with Crippen LogP contribution in [0, 0.1) is 0 Å². The Bertz CT molecular complexity index is 321. The Morgan fingerprint density at radius 1 is 0.938 bits per heavy atom. The van der Waals surface area contributed by atoms with Crippen LogP contribution in [0.3, 0.4) is 0 Å². The van der Waals surface area contributed by atoms with Gasteiger partial charge in [0, 0.05) is 20.6 Å². The highest BCUT2D eigenvalue weighted by Crippen LogP contribution is 2.28. The first-order valence-electron chi connectivity index (χ1n) is 5.01. The van der Waals surface area contributed by atoms with Gasteiger partial charge in [-0.3, -0.25) is 0 Å². The van der Waals surface area contributed by atoms with Crippen molar-refractivity contribution in [3.05, 3.63) is 23.8 Å². The van der Waals surface area contributed by atoms with Crippen LogP contribution >= 0.6 is 0 Å². The van der Waals surface area contributed by atoms with Gasteiger partial charge in [-0.25, -0.2) is 0 Å². The molecular formula is C12H18O4. The molecule has 0 N–H and O–H groups in total. The molecule has 4 heteroatoms. The summed E-state index contributed by atoms with van der Waals surface area (Å²) in [5.74, 6) is 1.43. The largest absolute Gasteiger partial charge is 0.493 e. The summed E-state index contributed by atoms with van der Waals surface area (Å²) in [7, 11) is 6.47. The molecule has 1 rings (SSSR count). The monoisotopic (exact) mass is 226 g/mol. The first-order valence-corrected chi connectivity index (χ1v) is 5.01. The Hall–Kier alpha value is -1.26.